The molecule has 1 saturated heterocycles. The zero-order chi connectivity index (χ0) is 23.8. The van der Waals surface area contributed by atoms with E-state index in [2.05, 4.69) is 5.32 Å². The molecule has 1 aliphatic heterocycles. The summed E-state index contributed by atoms with van der Waals surface area (Å²) >= 11 is 0. The lowest BCUT2D eigenvalue weighted by Crippen LogP contribution is -2.46. The Labute approximate surface area is 187 Å². The zero-order valence-corrected chi connectivity index (χ0v) is 18.8. The van der Waals surface area contributed by atoms with Gasteiger partial charge in [-0.2, -0.15) is 0 Å². The van der Waals surface area contributed by atoms with Crippen LogP contribution in [0.2, 0.25) is 0 Å². The first-order chi connectivity index (χ1) is 15.2. The van der Waals surface area contributed by atoms with E-state index in [4.69, 9.17) is 28.8 Å². The standard InChI is InChI=1S/C20H34N2O10/c1-20(2,15-22-16(23)3-4-17(22)24)32-19(27)21-6-8-29-10-12-31-14-13-30-11-9-28-7-5-18(25)26/h3-15H2,1-2H3,(H,21,27)(H,25,26). The largest absolute Gasteiger partial charge is 0.481 e. The number of carbonyl (C=O) groups excluding carboxylic acids is 3. The van der Waals surface area contributed by atoms with Crippen LogP contribution in [-0.4, -0.2) is 105 Å². The first-order valence-electron chi connectivity index (χ1n) is 10.5. The van der Waals surface area contributed by atoms with Crippen molar-refractivity contribution in [2.75, 3.05) is 65.9 Å². The van der Waals surface area contributed by atoms with Crippen molar-refractivity contribution in [2.45, 2.75) is 38.7 Å². The third-order valence-electron chi connectivity index (χ3n) is 4.15. The predicted molar refractivity (Wildman–Crippen MR) is 110 cm³/mol. The molecule has 0 aromatic heterocycles. The lowest BCUT2D eigenvalue weighted by molar-refractivity contribution is -0.142. The Morgan fingerprint density at radius 2 is 1.34 bits per heavy atom. The molecule has 1 heterocycles. The second kappa shape index (κ2) is 15.5. The van der Waals surface area contributed by atoms with Crippen LogP contribution < -0.4 is 5.32 Å². The highest BCUT2D eigenvalue weighted by Crippen LogP contribution is 2.18. The van der Waals surface area contributed by atoms with E-state index in [0.29, 0.717) is 39.6 Å². The highest BCUT2D eigenvalue weighted by molar-refractivity contribution is 6.02. The van der Waals surface area contributed by atoms with Gasteiger partial charge < -0.3 is 34.1 Å². The molecule has 0 bridgehead atoms. The van der Waals surface area contributed by atoms with Gasteiger partial charge in [0.05, 0.1) is 65.8 Å². The van der Waals surface area contributed by atoms with Gasteiger partial charge in [0.1, 0.15) is 5.60 Å². The number of nitrogens with zero attached hydrogens (tertiary/aromatic N) is 1. The summed E-state index contributed by atoms with van der Waals surface area (Å²) in [6, 6.07) is 0. The summed E-state index contributed by atoms with van der Waals surface area (Å²) in [5, 5.41) is 11.0. The van der Waals surface area contributed by atoms with Gasteiger partial charge in [0.2, 0.25) is 11.8 Å². The number of imide groups is 1. The molecule has 0 atom stereocenters. The van der Waals surface area contributed by atoms with Gasteiger partial charge in [0.15, 0.2) is 0 Å². The van der Waals surface area contributed by atoms with Crippen molar-refractivity contribution in [1.29, 1.82) is 0 Å². The molecule has 0 aliphatic carbocycles. The summed E-state index contributed by atoms with van der Waals surface area (Å²) < 4.78 is 26.3. The van der Waals surface area contributed by atoms with E-state index >= 15 is 0 Å². The van der Waals surface area contributed by atoms with Gasteiger partial charge in [0.25, 0.3) is 0 Å². The predicted octanol–water partition coefficient (Wildman–Crippen LogP) is 0.181. The van der Waals surface area contributed by atoms with Crippen molar-refractivity contribution in [2.24, 2.45) is 0 Å². The molecule has 1 aliphatic rings. The van der Waals surface area contributed by atoms with Gasteiger partial charge in [-0.25, -0.2) is 4.79 Å². The van der Waals surface area contributed by atoms with Crippen LogP contribution in [0.4, 0.5) is 4.79 Å². The van der Waals surface area contributed by atoms with E-state index < -0.39 is 17.7 Å². The number of nitrogens with one attached hydrogen (secondary N) is 1. The number of carboxylic acids is 1. The van der Waals surface area contributed by atoms with Crippen molar-refractivity contribution in [3.05, 3.63) is 0 Å². The van der Waals surface area contributed by atoms with E-state index in [1.54, 1.807) is 13.8 Å². The highest BCUT2D eigenvalue weighted by atomic mass is 16.6. The maximum Gasteiger partial charge on any atom is 0.407 e. The minimum atomic E-state index is -0.999. The molecule has 32 heavy (non-hydrogen) atoms. The second-order valence-corrected chi connectivity index (χ2v) is 7.54. The number of likely N-dealkylation sites (tertiary alicyclic amines) is 1. The topological polar surface area (TPSA) is 150 Å². The summed E-state index contributed by atoms with van der Waals surface area (Å²) in [5.41, 5.74) is -0.999. The quantitative estimate of drug-likeness (QED) is 0.213. The number of hydrogen-bond donors (Lipinski definition) is 2. The maximum absolute atomic E-state index is 11.9. The first kappa shape index (κ1) is 27.8. The van der Waals surface area contributed by atoms with Crippen LogP contribution in [0.1, 0.15) is 33.1 Å². The van der Waals surface area contributed by atoms with Gasteiger partial charge in [-0.1, -0.05) is 0 Å². The smallest absolute Gasteiger partial charge is 0.407 e. The van der Waals surface area contributed by atoms with Gasteiger partial charge in [-0.05, 0) is 13.8 Å². The summed E-state index contributed by atoms with van der Waals surface area (Å²) in [6.45, 7) is 6.15. The zero-order valence-electron chi connectivity index (χ0n) is 18.8. The second-order valence-electron chi connectivity index (χ2n) is 7.54. The number of amides is 3. The molecule has 0 unspecified atom stereocenters. The molecule has 0 aromatic carbocycles. The number of rotatable bonds is 18. The molecule has 0 radical (unpaired) electrons. The number of aliphatic carboxylic acids is 1. The van der Waals surface area contributed by atoms with E-state index in [-0.39, 0.29) is 57.4 Å². The fourth-order valence-corrected chi connectivity index (χ4v) is 2.65. The molecule has 184 valence electrons. The van der Waals surface area contributed by atoms with E-state index in [1.165, 1.54) is 0 Å². The molecule has 1 rings (SSSR count). The van der Waals surface area contributed by atoms with E-state index in [0.717, 1.165) is 4.90 Å². The Balaban J connectivity index is 1.92. The van der Waals surface area contributed by atoms with Crippen LogP contribution in [0.15, 0.2) is 0 Å². The summed E-state index contributed by atoms with van der Waals surface area (Å²) in [7, 11) is 0. The third kappa shape index (κ3) is 13.2. The van der Waals surface area contributed by atoms with Crippen molar-refractivity contribution in [1.82, 2.24) is 10.2 Å². The normalized spacial score (nSPS) is 14.1. The number of carbonyl (C=O) groups is 4. The Bertz CT molecular complexity index is 595. The highest BCUT2D eigenvalue weighted by Gasteiger charge is 2.35. The Morgan fingerprint density at radius 3 is 1.84 bits per heavy atom. The number of carboxylic acid groups (broad SMARTS) is 1. The number of hydrogen-bond acceptors (Lipinski definition) is 9. The van der Waals surface area contributed by atoms with E-state index in [9.17, 15) is 19.2 Å². The molecule has 12 nitrogen and oxygen atoms in total. The molecule has 12 heteroatoms. The molecular formula is C20H34N2O10. The van der Waals surface area contributed by atoms with Crippen molar-refractivity contribution in [3.8, 4) is 0 Å². The molecule has 2 N–H and O–H groups in total. The first-order valence-corrected chi connectivity index (χ1v) is 10.5. The molecule has 1 fully saturated rings. The minimum Gasteiger partial charge on any atom is -0.481 e. The maximum atomic E-state index is 11.9. The fourth-order valence-electron chi connectivity index (χ4n) is 2.65. The van der Waals surface area contributed by atoms with Crippen LogP contribution in [0.3, 0.4) is 0 Å². The van der Waals surface area contributed by atoms with Crippen LogP contribution in [0.5, 0.6) is 0 Å². The van der Waals surface area contributed by atoms with Crippen LogP contribution >= 0.6 is 0 Å². The summed E-state index contributed by atoms with van der Waals surface area (Å²) in [5.74, 6) is -1.40. The molecule has 0 aromatic rings. The van der Waals surface area contributed by atoms with Gasteiger partial charge in [-0.3, -0.25) is 19.3 Å². The molecule has 0 saturated carbocycles. The fraction of sp³-hybridized carbons (Fsp3) is 0.800. The number of ether oxygens (including phenoxy) is 5. The molecule has 0 spiro atoms. The molecule has 3 amide bonds. The van der Waals surface area contributed by atoms with Crippen molar-refractivity contribution in [3.63, 3.8) is 0 Å². The van der Waals surface area contributed by atoms with Gasteiger partial charge >= 0.3 is 12.1 Å². The van der Waals surface area contributed by atoms with Crippen molar-refractivity contribution >= 4 is 23.9 Å². The summed E-state index contributed by atoms with van der Waals surface area (Å²) in [6.07, 6.45) is -0.292. The van der Waals surface area contributed by atoms with E-state index in [1.807, 2.05) is 0 Å². The van der Waals surface area contributed by atoms with Gasteiger partial charge in [0, 0.05) is 19.4 Å². The van der Waals surface area contributed by atoms with Gasteiger partial charge in [-0.15, -0.1) is 0 Å². The average Bonchev–Trinajstić information content (AvgIpc) is 3.01. The van der Waals surface area contributed by atoms with Crippen LogP contribution in [0.25, 0.3) is 0 Å². The monoisotopic (exact) mass is 462 g/mol. The number of alkyl carbamates (subject to hydrolysis) is 1. The minimum absolute atomic E-state index is 0.0212. The Hall–Kier alpha value is -2.28. The Morgan fingerprint density at radius 1 is 0.875 bits per heavy atom. The Kier molecular flexibility index (Phi) is 13.5. The lowest BCUT2D eigenvalue weighted by Gasteiger charge is -2.29. The lowest BCUT2D eigenvalue weighted by atomic mass is 10.1. The summed E-state index contributed by atoms with van der Waals surface area (Å²) in [4.78, 5) is 46.7. The average molecular weight is 462 g/mol. The molecular weight excluding hydrogens is 428 g/mol. The van der Waals surface area contributed by atoms with Crippen molar-refractivity contribution < 1.29 is 48.0 Å². The van der Waals surface area contributed by atoms with Crippen LogP contribution in [-0.2, 0) is 38.1 Å². The SMILES string of the molecule is CC(C)(CN1C(=O)CCC1=O)OC(=O)NCCOCCOCCOCCOCCC(=O)O. The van der Waals surface area contributed by atoms with Crippen LogP contribution in [0, 0.1) is 0 Å². The third-order valence-corrected chi connectivity index (χ3v) is 4.15.